The van der Waals surface area contributed by atoms with E-state index in [0.717, 1.165) is 29.4 Å². The maximum atomic E-state index is 6.31. The molecule has 1 atom stereocenters. The Hall–Kier alpha value is -1.02. The van der Waals surface area contributed by atoms with Crippen molar-refractivity contribution in [1.29, 1.82) is 0 Å². The molecule has 1 nitrogen and oxygen atoms in total. The van der Waals surface area contributed by atoms with E-state index in [1.165, 1.54) is 16.7 Å². The van der Waals surface area contributed by atoms with E-state index in [2.05, 4.69) is 31.3 Å². The van der Waals surface area contributed by atoms with Gasteiger partial charge in [-0.25, -0.2) is 0 Å². The molecular weight excluding hydrogens is 301 g/mol. The highest BCUT2D eigenvalue weighted by molar-refractivity contribution is 6.31. The molecule has 0 aliphatic rings. The zero-order valence-corrected chi connectivity index (χ0v) is 14.0. The van der Waals surface area contributed by atoms with Crippen molar-refractivity contribution >= 4 is 23.2 Å². The Kier molecular flexibility index (Phi) is 6.10. The molecule has 0 aliphatic carbocycles. The highest BCUT2D eigenvalue weighted by atomic mass is 35.5. The second-order valence-corrected chi connectivity index (χ2v) is 6.15. The third-order valence-electron chi connectivity index (χ3n) is 3.63. The van der Waals surface area contributed by atoms with Gasteiger partial charge in [0.05, 0.1) is 0 Å². The lowest BCUT2D eigenvalue weighted by atomic mass is 9.95. The molecule has 1 N–H and O–H groups in total. The van der Waals surface area contributed by atoms with Crippen LogP contribution >= 0.6 is 23.2 Å². The Bertz CT molecular complexity index is 596. The average molecular weight is 322 g/mol. The Balaban J connectivity index is 2.27. The van der Waals surface area contributed by atoms with Crippen molar-refractivity contribution < 1.29 is 0 Å². The van der Waals surface area contributed by atoms with Gasteiger partial charge >= 0.3 is 0 Å². The van der Waals surface area contributed by atoms with Crippen LogP contribution in [0.5, 0.6) is 0 Å². The molecule has 112 valence electrons. The van der Waals surface area contributed by atoms with Crippen LogP contribution in [0.25, 0.3) is 0 Å². The number of nitrogens with one attached hydrogen (secondary N) is 1. The fourth-order valence-electron chi connectivity index (χ4n) is 2.52. The molecule has 0 spiro atoms. The molecule has 1 unspecified atom stereocenters. The first-order valence-electron chi connectivity index (χ1n) is 7.34. The summed E-state index contributed by atoms with van der Waals surface area (Å²) in [6.45, 7) is 5.26. The molecule has 0 saturated heterocycles. The Morgan fingerprint density at radius 1 is 1.10 bits per heavy atom. The summed E-state index contributed by atoms with van der Waals surface area (Å²) in [7, 11) is 0. The summed E-state index contributed by atoms with van der Waals surface area (Å²) >= 11 is 12.4. The number of aryl methyl sites for hydroxylation is 1. The monoisotopic (exact) mass is 321 g/mol. The number of benzene rings is 2. The van der Waals surface area contributed by atoms with Gasteiger partial charge < -0.3 is 5.32 Å². The van der Waals surface area contributed by atoms with Crippen molar-refractivity contribution in [2.45, 2.75) is 32.7 Å². The summed E-state index contributed by atoms with van der Waals surface area (Å²) in [5.74, 6) is 0. The summed E-state index contributed by atoms with van der Waals surface area (Å²) < 4.78 is 0. The summed E-state index contributed by atoms with van der Waals surface area (Å²) in [5, 5.41) is 5.23. The molecule has 0 aliphatic heterocycles. The number of hydrogen-bond acceptors (Lipinski definition) is 1. The largest absolute Gasteiger partial charge is 0.310 e. The highest BCUT2D eigenvalue weighted by Crippen LogP contribution is 2.27. The highest BCUT2D eigenvalue weighted by Gasteiger charge is 2.15. The van der Waals surface area contributed by atoms with Crippen molar-refractivity contribution in [2.75, 3.05) is 6.54 Å². The summed E-state index contributed by atoms with van der Waals surface area (Å²) in [4.78, 5) is 0. The first-order valence-corrected chi connectivity index (χ1v) is 8.10. The predicted molar refractivity (Wildman–Crippen MR) is 92.4 cm³/mol. The van der Waals surface area contributed by atoms with E-state index in [-0.39, 0.29) is 6.04 Å². The molecule has 3 heteroatoms. The van der Waals surface area contributed by atoms with E-state index in [0.29, 0.717) is 0 Å². The molecule has 21 heavy (non-hydrogen) atoms. The van der Waals surface area contributed by atoms with Gasteiger partial charge in [0.15, 0.2) is 0 Å². The van der Waals surface area contributed by atoms with Crippen molar-refractivity contribution in [3.05, 3.63) is 69.2 Å². The van der Waals surface area contributed by atoms with Gasteiger partial charge in [-0.1, -0.05) is 54.4 Å². The van der Waals surface area contributed by atoms with Crippen LogP contribution in [0.4, 0.5) is 0 Å². The number of rotatable bonds is 6. The van der Waals surface area contributed by atoms with Gasteiger partial charge in [-0.15, -0.1) is 0 Å². The van der Waals surface area contributed by atoms with Crippen LogP contribution in [0.3, 0.4) is 0 Å². The van der Waals surface area contributed by atoms with E-state index >= 15 is 0 Å². The van der Waals surface area contributed by atoms with Crippen LogP contribution < -0.4 is 5.32 Å². The molecule has 0 heterocycles. The topological polar surface area (TPSA) is 12.0 Å². The fraction of sp³-hybridized carbons (Fsp3) is 0.333. The van der Waals surface area contributed by atoms with Crippen LogP contribution in [-0.4, -0.2) is 6.54 Å². The van der Waals surface area contributed by atoms with Gasteiger partial charge in [-0.05, 0) is 61.2 Å². The van der Waals surface area contributed by atoms with Gasteiger partial charge in [0.1, 0.15) is 0 Å². The molecule has 0 saturated carbocycles. The number of hydrogen-bond donors (Lipinski definition) is 1. The standard InChI is InChI=1S/C18H21Cl2N/c1-3-10-21-18(12-14-6-4-5-7-17(14)20)16-9-8-15(19)11-13(16)2/h4-9,11,18,21H,3,10,12H2,1-2H3. The van der Waals surface area contributed by atoms with Gasteiger partial charge in [0.25, 0.3) is 0 Å². The molecule has 0 bridgehead atoms. The molecule has 0 amide bonds. The van der Waals surface area contributed by atoms with E-state index in [4.69, 9.17) is 23.2 Å². The summed E-state index contributed by atoms with van der Waals surface area (Å²) in [5.41, 5.74) is 3.66. The molecular formula is C18H21Cl2N. The Labute approximate surface area is 137 Å². The molecule has 2 aromatic rings. The van der Waals surface area contributed by atoms with Gasteiger partial charge in [-0.2, -0.15) is 0 Å². The van der Waals surface area contributed by atoms with Crippen molar-refractivity contribution in [3.8, 4) is 0 Å². The van der Waals surface area contributed by atoms with E-state index in [9.17, 15) is 0 Å². The first kappa shape index (κ1) is 16.4. The molecule has 0 radical (unpaired) electrons. The molecule has 0 fully saturated rings. The smallest absolute Gasteiger partial charge is 0.0438 e. The third-order valence-corrected chi connectivity index (χ3v) is 4.23. The molecule has 0 aromatic heterocycles. The van der Waals surface area contributed by atoms with Gasteiger partial charge in [0.2, 0.25) is 0 Å². The van der Waals surface area contributed by atoms with E-state index < -0.39 is 0 Å². The predicted octanol–water partition coefficient (Wildman–Crippen LogP) is 5.59. The second kappa shape index (κ2) is 7.84. The average Bonchev–Trinajstić information content (AvgIpc) is 2.46. The third kappa shape index (κ3) is 4.47. The summed E-state index contributed by atoms with van der Waals surface area (Å²) in [6.07, 6.45) is 1.98. The van der Waals surface area contributed by atoms with Crippen LogP contribution in [0.2, 0.25) is 10.0 Å². The van der Waals surface area contributed by atoms with Crippen molar-refractivity contribution in [3.63, 3.8) is 0 Å². The summed E-state index contributed by atoms with van der Waals surface area (Å²) in [6, 6.07) is 14.4. The maximum Gasteiger partial charge on any atom is 0.0438 e. The lowest BCUT2D eigenvalue weighted by Crippen LogP contribution is -2.25. The first-order chi connectivity index (χ1) is 10.1. The lowest BCUT2D eigenvalue weighted by molar-refractivity contribution is 0.527. The van der Waals surface area contributed by atoms with Gasteiger partial charge in [0, 0.05) is 16.1 Å². The normalized spacial score (nSPS) is 12.4. The number of halogens is 2. The quantitative estimate of drug-likeness (QED) is 0.731. The molecule has 2 aromatic carbocycles. The Morgan fingerprint density at radius 2 is 1.86 bits per heavy atom. The minimum absolute atomic E-state index is 0.252. The van der Waals surface area contributed by atoms with Crippen LogP contribution in [-0.2, 0) is 6.42 Å². The maximum absolute atomic E-state index is 6.31. The zero-order valence-electron chi connectivity index (χ0n) is 12.5. The Morgan fingerprint density at radius 3 is 2.52 bits per heavy atom. The SMILES string of the molecule is CCCNC(Cc1ccccc1Cl)c1ccc(Cl)cc1C. The van der Waals surface area contributed by atoms with Crippen LogP contribution in [0, 0.1) is 6.92 Å². The van der Waals surface area contributed by atoms with Crippen LogP contribution in [0.1, 0.15) is 36.1 Å². The minimum atomic E-state index is 0.252. The molecule has 2 rings (SSSR count). The van der Waals surface area contributed by atoms with Gasteiger partial charge in [-0.3, -0.25) is 0 Å². The lowest BCUT2D eigenvalue weighted by Gasteiger charge is -2.22. The zero-order chi connectivity index (χ0) is 15.2. The van der Waals surface area contributed by atoms with Crippen molar-refractivity contribution in [1.82, 2.24) is 5.32 Å². The van der Waals surface area contributed by atoms with Crippen molar-refractivity contribution in [2.24, 2.45) is 0 Å². The van der Waals surface area contributed by atoms with Crippen LogP contribution in [0.15, 0.2) is 42.5 Å². The van der Waals surface area contributed by atoms with E-state index in [1.54, 1.807) is 0 Å². The fourth-order valence-corrected chi connectivity index (χ4v) is 2.96. The minimum Gasteiger partial charge on any atom is -0.310 e. The van der Waals surface area contributed by atoms with E-state index in [1.807, 2.05) is 30.3 Å². The second-order valence-electron chi connectivity index (χ2n) is 5.30.